The van der Waals surface area contributed by atoms with Gasteiger partial charge in [-0.2, -0.15) is 0 Å². The fraction of sp³-hybridized carbons (Fsp3) is 0.200. The van der Waals surface area contributed by atoms with Crippen molar-refractivity contribution < 1.29 is 33.8 Å². The number of rotatable bonds is 9. The third kappa shape index (κ3) is 5.23. The van der Waals surface area contributed by atoms with Crippen LogP contribution in [0.5, 0.6) is 11.5 Å². The first-order valence-corrected chi connectivity index (χ1v) is 9.76. The first-order chi connectivity index (χ1) is 14.3. The molecule has 4 N–H and O–H groups in total. The Morgan fingerprint density at radius 2 is 2.10 bits per heavy atom. The van der Waals surface area contributed by atoms with Gasteiger partial charge in [0.25, 0.3) is 5.91 Å². The lowest BCUT2D eigenvalue weighted by Gasteiger charge is -2.14. The molecule has 1 unspecified atom stereocenters. The molecule has 156 valence electrons. The lowest BCUT2D eigenvalue weighted by molar-refractivity contribution is -0.142. The second kappa shape index (κ2) is 9.23. The minimum absolute atomic E-state index is 0.120. The van der Waals surface area contributed by atoms with Gasteiger partial charge in [0.15, 0.2) is 12.4 Å². The minimum Gasteiger partial charge on any atom is -0.484 e. The van der Waals surface area contributed by atoms with Crippen LogP contribution in [0.4, 0.5) is 0 Å². The number of allylic oxidation sites excluding steroid dienone is 1. The molecule has 10 heteroatoms. The highest BCUT2D eigenvalue weighted by molar-refractivity contribution is 7.10. The Labute approximate surface area is 175 Å². The van der Waals surface area contributed by atoms with E-state index >= 15 is 0 Å². The quantitative estimate of drug-likeness (QED) is 0.512. The second-order valence-corrected chi connectivity index (χ2v) is 7.34. The Balaban J connectivity index is 1.59. The highest BCUT2D eigenvalue weighted by Gasteiger charge is 2.28. The number of carbonyl (C=O) groups excluding carboxylic acids is 3. The number of ether oxygens (including phenoxy) is 2. The van der Waals surface area contributed by atoms with Crippen molar-refractivity contribution in [3.63, 3.8) is 0 Å². The molecule has 1 aromatic heterocycles. The Morgan fingerprint density at radius 1 is 1.30 bits per heavy atom. The number of Topliss-reactive ketones (excluding diaryl/α,β-unsaturated/α-hetero) is 1. The van der Waals surface area contributed by atoms with Crippen LogP contribution in [0.1, 0.15) is 28.1 Å². The standard InChI is InChI=1S/C20H18N2O7S/c21-17(23)6-5-14(20(26)27)22-18(24)10-28-11-3-4-13-15(8-11)29-16(19(13)25)9-12-2-1-7-30-12/h1-4,7-9,14H,5-6,10H2,(H2,21,23)(H,22,24)(H,26,27). The maximum Gasteiger partial charge on any atom is 0.326 e. The summed E-state index contributed by atoms with van der Waals surface area (Å²) < 4.78 is 11.0. The SMILES string of the molecule is NC(=O)CCC(NC(=O)COc1ccc2c(c1)OC(=Cc1cccs1)C2=O)C(=O)O. The van der Waals surface area contributed by atoms with Gasteiger partial charge in [-0.25, -0.2) is 4.79 Å². The number of nitrogens with one attached hydrogen (secondary N) is 1. The van der Waals surface area contributed by atoms with E-state index in [1.807, 2.05) is 17.5 Å². The summed E-state index contributed by atoms with van der Waals surface area (Å²) >= 11 is 1.47. The first-order valence-electron chi connectivity index (χ1n) is 8.88. The van der Waals surface area contributed by atoms with Gasteiger partial charge in [-0.15, -0.1) is 11.3 Å². The predicted molar refractivity (Wildman–Crippen MR) is 107 cm³/mol. The average molecular weight is 430 g/mol. The van der Waals surface area contributed by atoms with E-state index in [4.69, 9.17) is 20.3 Å². The van der Waals surface area contributed by atoms with Gasteiger partial charge in [-0.3, -0.25) is 14.4 Å². The van der Waals surface area contributed by atoms with Crippen molar-refractivity contribution in [2.24, 2.45) is 5.73 Å². The Kier molecular flexibility index (Phi) is 6.48. The third-order valence-electron chi connectivity index (χ3n) is 4.14. The normalized spacial score (nSPS) is 14.7. The van der Waals surface area contributed by atoms with Crippen LogP contribution in [0.25, 0.3) is 6.08 Å². The van der Waals surface area contributed by atoms with E-state index in [1.54, 1.807) is 6.08 Å². The topological polar surface area (TPSA) is 145 Å². The van der Waals surface area contributed by atoms with Crippen LogP contribution in [0.3, 0.4) is 0 Å². The molecule has 0 saturated carbocycles. The molecule has 1 aliphatic heterocycles. The molecular weight excluding hydrogens is 412 g/mol. The highest BCUT2D eigenvalue weighted by atomic mass is 32.1. The molecule has 0 radical (unpaired) electrons. The highest BCUT2D eigenvalue weighted by Crippen LogP contribution is 2.35. The maximum atomic E-state index is 12.4. The molecule has 2 heterocycles. The average Bonchev–Trinajstić information content (AvgIpc) is 3.31. The zero-order valence-corrected chi connectivity index (χ0v) is 16.4. The van der Waals surface area contributed by atoms with Crippen LogP contribution in [0.2, 0.25) is 0 Å². The van der Waals surface area contributed by atoms with Crippen molar-refractivity contribution in [2.75, 3.05) is 6.61 Å². The summed E-state index contributed by atoms with van der Waals surface area (Å²) in [5, 5.41) is 13.3. The second-order valence-electron chi connectivity index (χ2n) is 6.37. The number of nitrogens with two attached hydrogens (primary N) is 1. The predicted octanol–water partition coefficient (Wildman–Crippen LogP) is 1.58. The number of hydrogen-bond donors (Lipinski definition) is 3. The Bertz CT molecular complexity index is 1010. The van der Waals surface area contributed by atoms with Gasteiger partial charge in [0.05, 0.1) is 5.56 Å². The molecular formula is C20H18N2O7S. The molecule has 0 bridgehead atoms. The van der Waals surface area contributed by atoms with Gasteiger partial charge >= 0.3 is 5.97 Å². The van der Waals surface area contributed by atoms with Crippen LogP contribution in [0, 0.1) is 0 Å². The lowest BCUT2D eigenvalue weighted by Crippen LogP contribution is -2.43. The van der Waals surface area contributed by atoms with E-state index in [0.717, 1.165) is 4.88 Å². The van der Waals surface area contributed by atoms with Crippen LogP contribution in [-0.2, 0) is 14.4 Å². The number of hydrogen-bond acceptors (Lipinski definition) is 7. The van der Waals surface area contributed by atoms with Crippen LogP contribution >= 0.6 is 11.3 Å². The molecule has 2 aromatic rings. The lowest BCUT2D eigenvalue weighted by atomic mass is 10.1. The third-order valence-corrected chi connectivity index (χ3v) is 4.96. The van der Waals surface area contributed by atoms with Crippen molar-refractivity contribution in [1.29, 1.82) is 0 Å². The Morgan fingerprint density at radius 3 is 2.77 bits per heavy atom. The van der Waals surface area contributed by atoms with Gasteiger partial charge in [-0.1, -0.05) is 6.07 Å². The summed E-state index contributed by atoms with van der Waals surface area (Å²) in [5.74, 6) is -2.08. The number of carbonyl (C=O) groups is 4. The van der Waals surface area contributed by atoms with E-state index in [2.05, 4.69) is 5.32 Å². The number of aliphatic carboxylic acids is 1. The first kappa shape index (κ1) is 21.1. The van der Waals surface area contributed by atoms with E-state index in [9.17, 15) is 19.2 Å². The van der Waals surface area contributed by atoms with Crippen molar-refractivity contribution in [3.05, 3.63) is 51.9 Å². The van der Waals surface area contributed by atoms with Crippen molar-refractivity contribution >= 4 is 41.0 Å². The smallest absolute Gasteiger partial charge is 0.326 e. The molecule has 0 saturated heterocycles. The molecule has 0 fully saturated rings. The van der Waals surface area contributed by atoms with Crippen LogP contribution < -0.4 is 20.5 Å². The van der Waals surface area contributed by atoms with E-state index < -0.39 is 30.4 Å². The number of thiophene rings is 1. The molecule has 1 aliphatic rings. The summed E-state index contributed by atoms with van der Waals surface area (Å²) in [4.78, 5) is 47.2. The van der Waals surface area contributed by atoms with E-state index in [1.165, 1.54) is 29.5 Å². The maximum absolute atomic E-state index is 12.4. The number of primary amides is 1. The summed E-state index contributed by atoms with van der Waals surface area (Å²) in [6.07, 6.45) is 1.36. The molecule has 1 aromatic carbocycles. The van der Waals surface area contributed by atoms with Gasteiger partial charge in [-0.05, 0) is 30.0 Å². The van der Waals surface area contributed by atoms with Gasteiger partial charge < -0.3 is 25.6 Å². The summed E-state index contributed by atoms with van der Waals surface area (Å²) in [7, 11) is 0. The zero-order valence-electron chi connectivity index (χ0n) is 15.6. The van der Waals surface area contributed by atoms with Crippen molar-refractivity contribution in [2.45, 2.75) is 18.9 Å². The minimum atomic E-state index is -1.28. The zero-order chi connectivity index (χ0) is 21.7. The number of ketones is 1. The van der Waals surface area contributed by atoms with Gasteiger partial charge in [0.2, 0.25) is 11.7 Å². The van der Waals surface area contributed by atoms with Crippen LogP contribution in [0.15, 0.2) is 41.5 Å². The van der Waals surface area contributed by atoms with E-state index in [0.29, 0.717) is 11.3 Å². The van der Waals surface area contributed by atoms with Crippen molar-refractivity contribution in [1.82, 2.24) is 5.32 Å². The monoisotopic (exact) mass is 430 g/mol. The fourth-order valence-electron chi connectivity index (χ4n) is 2.69. The molecule has 9 nitrogen and oxygen atoms in total. The molecule has 1 atom stereocenters. The van der Waals surface area contributed by atoms with Crippen LogP contribution in [-0.4, -0.2) is 41.3 Å². The number of fused-ring (bicyclic) bond motifs is 1. The Hall–Kier alpha value is -3.66. The largest absolute Gasteiger partial charge is 0.484 e. The molecule has 0 aliphatic carbocycles. The van der Waals surface area contributed by atoms with Crippen molar-refractivity contribution in [3.8, 4) is 11.5 Å². The number of carboxylic acids is 1. The molecule has 2 amide bonds. The van der Waals surface area contributed by atoms with Gasteiger partial charge in [0.1, 0.15) is 17.5 Å². The number of benzene rings is 1. The number of amides is 2. The summed E-state index contributed by atoms with van der Waals surface area (Å²) in [6, 6.07) is 7.01. The summed E-state index contributed by atoms with van der Waals surface area (Å²) in [5.41, 5.74) is 5.38. The molecule has 30 heavy (non-hydrogen) atoms. The fourth-order valence-corrected chi connectivity index (χ4v) is 3.33. The van der Waals surface area contributed by atoms with Gasteiger partial charge in [0, 0.05) is 23.4 Å². The van der Waals surface area contributed by atoms with E-state index in [-0.39, 0.29) is 30.1 Å². The summed E-state index contributed by atoms with van der Waals surface area (Å²) in [6.45, 7) is -0.453. The molecule has 3 rings (SSSR count). The number of carboxylic acid groups (broad SMARTS) is 1. The molecule has 0 spiro atoms.